The van der Waals surface area contributed by atoms with E-state index < -0.39 is 0 Å². The molecule has 0 fully saturated rings. The molecule has 2 heterocycles. The number of fused-ring (bicyclic) bond motifs is 3. The van der Waals surface area contributed by atoms with Crippen molar-refractivity contribution in [2.45, 2.75) is 25.8 Å². The molecule has 1 atom stereocenters. The zero-order valence-electron chi connectivity index (χ0n) is 19.1. The van der Waals surface area contributed by atoms with E-state index in [0.717, 1.165) is 52.9 Å². The topological polar surface area (TPSA) is 60.3 Å². The Morgan fingerprint density at radius 3 is 2.61 bits per heavy atom. The number of pyridine rings is 2. The van der Waals surface area contributed by atoms with Gasteiger partial charge in [0.1, 0.15) is 5.75 Å². The number of nitrogens with zero attached hydrogens (tertiary/aromatic N) is 1. The number of hydrogen-bond acceptors (Lipinski definition) is 4. The fourth-order valence-electron chi connectivity index (χ4n) is 4.40. The summed E-state index contributed by atoms with van der Waals surface area (Å²) in [6.07, 6.45) is 5.93. The molecular weight excluding hydrogens is 408 g/mol. The molecule has 0 aliphatic rings. The van der Waals surface area contributed by atoms with E-state index in [4.69, 9.17) is 4.74 Å². The third-order valence-electron chi connectivity index (χ3n) is 6.11. The third kappa shape index (κ3) is 4.53. The first kappa shape index (κ1) is 21.0. The van der Waals surface area contributed by atoms with Crippen LogP contribution in [-0.4, -0.2) is 24.7 Å². The van der Waals surface area contributed by atoms with Gasteiger partial charge in [0.15, 0.2) is 6.20 Å². The maximum Gasteiger partial charge on any atom is 0.213 e. The summed E-state index contributed by atoms with van der Waals surface area (Å²) in [5.41, 5.74) is 4.30. The van der Waals surface area contributed by atoms with E-state index >= 15 is 0 Å². The Labute approximate surface area is 193 Å². The van der Waals surface area contributed by atoms with Gasteiger partial charge in [0.25, 0.3) is 0 Å². The van der Waals surface area contributed by atoms with Crippen LogP contribution in [0.3, 0.4) is 0 Å². The maximum absolute atomic E-state index is 5.46. The summed E-state index contributed by atoms with van der Waals surface area (Å²) < 4.78 is 5.46. The lowest BCUT2D eigenvalue weighted by Gasteiger charge is -2.17. The highest BCUT2D eigenvalue weighted by Crippen LogP contribution is 2.28. The Morgan fingerprint density at radius 2 is 1.76 bits per heavy atom. The molecule has 0 amide bonds. The van der Waals surface area contributed by atoms with Crippen LogP contribution in [0.25, 0.3) is 32.6 Å². The molecular formula is C28H29N4O+. The van der Waals surface area contributed by atoms with Crippen LogP contribution in [0, 0.1) is 0 Å². The minimum Gasteiger partial charge on any atom is -0.497 e. The van der Waals surface area contributed by atoms with Gasteiger partial charge < -0.3 is 15.4 Å². The standard InChI is InChI=1S/C28H28N4O/c1-19(7-5-12-29-27-18-23(33-2)15-22-10-6-13-31-28(22)27)32-25-11-14-30-26-17-21-9-4-3-8-20(21)16-24(25)26/h3-4,6,8-11,13-19,29H,5,7,12H2,1-2H3,(H,30,32)/p+1/t19-/m0/s1. The SMILES string of the molecule is COc1cc(NCCC[C@H](C)Nc2cc[nH+]c3cc4ccccc4cc23)c2ncccc2c1. The van der Waals surface area contributed by atoms with Crippen LogP contribution in [0.5, 0.6) is 5.75 Å². The number of ether oxygens (including phenoxy) is 1. The number of aromatic amines is 1. The van der Waals surface area contributed by atoms with Gasteiger partial charge in [-0.3, -0.25) is 4.98 Å². The molecule has 0 saturated heterocycles. The summed E-state index contributed by atoms with van der Waals surface area (Å²) in [4.78, 5) is 7.93. The second-order valence-electron chi connectivity index (χ2n) is 8.50. The molecule has 0 aliphatic heterocycles. The van der Waals surface area contributed by atoms with Crippen LogP contribution in [0.1, 0.15) is 19.8 Å². The number of H-pyrrole nitrogens is 1. The molecule has 5 aromatic rings. The average Bonchev–Trinajstić information content (AvgIpc) is 2.85. The van der Waals surface area contributed by atoms with Crippen molar-refractivity contribution in [3.05, 3.63) is 79.1 Å². The van der Waals surface area contributed by atoms with Gasteiger partial charge in [0, 0.05) is 42.4 Å². The van der Waals surface area contributed by atoms with Crippen molar-refractivity contribution in [2.24, 2.45) is 0 Å². The van der Waals surface area contributed by atoms with Crippen molar-refractivity contribution in [3.8, 4) is 5.75 Å². The summed E-state index contributed by atoms with van der Waals surface area (Å²) in [5.74, 6) is 0.841. The van der Waals surface area contributed by atoms with Crippen molar-refractivity contribution < 1.29 is 9.72 Å². The molecule has 0 bridgehead atoms. The van der Waals surface area contributed by atoms with Crippen LogP contribution in [0.15, 0.2) is 79.1 Å². The van der Waals surface area contributed by atoms with Gasteiger partial charge in [0.2, 0.25) is 5.52 Å². The monoisotopic (exact) mass is 437 g/mol. The lowest BCUT2D eigenvalue weighted by atomic mass is 10.1. The van der Waals surface area contributed by atoms with E-state index in [1.54, 1.807) is 7.11 Å². The van der Waals surface area contributed by atoms with E-state index in [1.165, 1.54) is 16.2 Å². The van der Waals surface area contributed by atoms with Gasteiger partial charge in [-0.2, -0.15) is 0 Å². The molecule has 0 aliphatic carbocycles. The number of hydrogen-bond donors (Lipinski definition) is 2. The minimum atomic E-state index is 0.351. The maximum atomic E-state index is 5.46. The van der Waals surface area contributed by atoms with Gasteiger partial charge in [-0.1, -0.05) is 30.3 Å². The average molecular weight is 438 g/mol. The number of methoxy groups -OCH3 is 1. The smallest absolute Gasteiger partial charge is 0.213 e. The molecule has 5 heteroatoms. The van der Waals surface area contributed by atoms with Crippen molar-refractivity contribution in [2.75, 3.05) is 24.3 Å². The van der Waals surface area contributed by atoms with Gasteiger partial charge >= 0.3 is 0 Å². The van der Waals surface area contributed by atoms with Crippen LogP contribution in [0.4, 0.5) is 11.4 Å². The lowest BCUT2D eigenvalue weighted by molar-refractivity contribution is -0.344. The van der Waals surface area contributed by atoms with E-state index in [-0.39, 0.29) is 0 Å². The molecule has 5 nitrogen and oxygen atoms in total. The zero-order valence-corrected chi connectivity index (χ0v) is 19.1. The molecule has 0 spiro atoms. The molecule has 0 saturated carbocycles. The summed E-state index contributed by atoms with van der Waals surface area (Å²) in [5, 5.41) is 12.1. The molecule has 0 unspecified atom stereocenters. The van der Waals surface area contributed by atoms with E-state index in [2.05, 4.69) is 76.1 Å². The Balaban J connectivity index is 1.24. The zero-order chi connectivity index (χ0) is 22.6. The molecule has 3 N–H and O–H groups in total. The highest BCUT2D eigenvalue weighted by molar-refractivity contribution is 6.00. The number of anilines is 2. The van der Waals surface area contributed by atoms with Gasteiger partial charge in [-0.15, -0.1) is 0 Å². The fraction of sp³-hybridized carbons (Fsp3) is 0.214. The van der Waals surface area contributed by atoms with Gasteiger partial charge in [-0.25, -0.2) is 4.98 Å². The van der Waals surface area contributed by atoms with Crippen LogP contribution in [0.2, 0.25) is 0 Å². The Hall–Kier alpha value is -3.86. The Morgan fingerprint density at radius 1 is 0.939 bits per heavy atom. The molecule has 33 heavy (non-hydrogen) atoms. The Kier molecular flexibility index (Phi) is 5.94. The summed E-state index contributed by atoms with van der Waals surface area (Å²) in [6, 6.07) is 23.5. The van der Waals surface area contributed by atoms with Gasteiger partial charge in [0.05, 0.1) is 29.4 Å². The number of rotatable bonds is 8. The van der Waals surface area contributed by atoms with E-state index in [0.29, 0.717) is 6.04 Å². The first-order valence-corrected chi connectivity index (χ1v) is 11.5. The molecule has 3 aromatic carbocycles. The second-order valence-corrected chi connectivity index (χ2v) is 8.50. The highest BCUT2D eigenvalue weighted by Gasteiger charge is 2.11. The van der Waals surface area contributed by atoms with Crippen LogP contribution in [-0.2, 0) is 0 Å². The first-order chi connectivity index (χ1) is 16.2. The molecule has 0 radical (unpaired) electrons. The molecule has 166 valence electrons. The number of aromatic nitrogens is 2. The van der Waals surface area contributed by atoms with E-state index in [9.17, 15) is 0 Å². The summed E-state index contributed by atoms with van der Waals surface area (Å²) >= 11 is 0. The van der Waals surface area contributed by atoms with Crippen molar-refractivity contribution in [1.29, 1.82) is 0 Å². The van der Waals surface area contributed by atoms with Gasteiger partial charge in [-0.05, 0) is 48.7 Å². The quantitative estimate of drug-likeness (QED) is 0.229. The fourth-order valence-corrected chi connectivity index (χ4v) is 4.40. The van der Waals surface area contributed by atoms with Crippen LogP contribution < -0.4 is 20.4 Å². The largest absolute Gasteiger partial charge is 0.497 e. The predicted octanol–water partition coefficient (Wildman–Crippen LogP) is 6.06. The normalized spacial score (nSPS) is 12.2. The predicted molar refractivity (Wildman–Crippen MR) is 137 cm³/mol. The van der Waals surface area contributed by atoms with Crippen LogP contribution >= 0.6 is 0 Å². The first-order valence-electron chi connectivity index (χ1n) is 11.5. The number of benzene rings is 3. The molecule has 5 rings (SSSR count). The van der Waals surface area contributed by atoms with Crippen molar-refractivity contribution in [1.82, 2.24) is 4.98 Å². The minimum absolute atomic E-state index is 0.351. The third-order valence-corrected chi connectivity index (χ3v) is 6.11. The van der Waals surface area contributed by atoms with Crippen molar-refractivity contribution in [3.63, 3.8) is 0 Å². The summed E-state index contributed by atoms with van der Waals surface area (Å²) in [6.45, 7) is 3.12. The molecule has 2 aromatic heterocycles. The lowest BCUT2D eigenvalue weighted by Crippen LogP contribution is -2.18. The van der Waals surface area contributed by atoms with E-state index in [1.807, 2.05) is 30.6 Å². The number of nitrogens with one attached hydrogen (secondary N) is 3. The second kappa shape index (κ2) is 9.33. The van der Waals surface area contributed by atoms with Crippen molar-refractivity contribution >= 4 is 44.0 Å². The Bertz CT molecular complexity index is 1420. The highest BCUT2D eigenvalue weighted by atomic mass is 16.5. The summed E-state index contributed by atoms with van der Waals surface area (Å²) in [7, 11) is 1.70.